The van der Waals surface area contributed by atoms with E-state index in [-0.39, 0.29) is 0 Å². The molecule has 0 atom stereocenters. The molecule has 0 unspecified atom stereocenters. The Hall–Kier alpha value is -1.62. The molecule has 5 nitrogen and oxygen atoms in total. The van der Waals surface area contributed by atoms with Gasteiger partial charge in [-0.15, -0.1) is 5.10 Å². The molecule has 3 rings (SSSR count). The molecule has 0 radical (unpaired) electrons. The minimum Gasteiger partial charge on any atom is -0.398 e. The summed E-state index contributed by atoms with van der Waals surface area (Å²) in [6.07, 6.45) is 4.76. The number of aromatic nitrogens is 4. The number of rotatable bonds is 2. The number of tetrazole rings is 1. The van der Waals surface area contributed by atoms with Gasteiger partial charge in [0, 0.05) is 5.56 Å². The number of hydrogen-bond donors (Lipinski definition) is 1. The second-order valence-electron chi connectivity index (χ2n) is 4.62. The molecule has 0 aliphatic heterocycles. The van der Waals surface area contributed by atoms with Gasteiger partial charge < -0.3 is 5.73 Å². The predicted octanol–water partition coefficient (Wildman–Crippen LogP) is 2.69. The topological polar surface area (TPSA) is 69.6 Å². The van der Waals surface area contributed by atoms with E-state index in [1.54, 1.807) is 6.07 Å². The Kier molecular flexibility index (Phi) is 2.91. The summed E-state index contributed by atoms with van der Waals surface area (Å²) in [7, 11) is 0. The van der Waals surface area contributed by atoms with Crippen LogP contribution >= 0.6 is 11.6 Å². The number of benzene rings is 1. The van der Waals surface area contributed by atoms with Gasteiger partial charge >= 0.3 is 0 Å². The van der Waals surface area contributed by atoms with Crippen LogP contribution < -0.4 is 5.73 Å². The van der Waals surface area contributed by atoms with E-state index in [0.717, 1.165) is 24.2 Å². The Morgan fingerprint density at radius 2 is 2.06 bits per heavy atom. The highest BCUT2D eigenvalue weighted by Crippen LogP contribution is 2.32. The number of hydrogen-bond acceptors (Lipinski definition) is 4. The van der Waals surface area contributed by atoms with E-state index in [2.05, 4.69) is 15.5 Å². The summed E-state index contributed by atoms with van der Waals surface area (Å²) in [5.74, 6) is 0.767. The van der Waals surface area contributed by atoms with Crippen molar-refractivity contribution in [2.45, 2.75) is 31.7 Å². The van der Waals surface area contributed by atoms with Crippen molar-refractivity contribution in [3.63, 3.8) is 0 Å². The van der Waals surface area contributed by atoms with E-state index >= 15 is 0 Å². The van der Waals surface area contributed by atoms with Crippen LogP contribution in [0.15, 0.2) is 18.2 Å². The van der Waals surface area contributed by atoms with Gasteiger partial charge in [0.05, 0.1) is 16.8 Å². The van der Waals surface area contributed by atoms with E-state index in [0.29, 0.717) is 16.8 Å². The van der Waals surface area contributed by atoms with E-state index in [1.807, 2.05) is 16.8 Å². The molecule has 0 saturated heterocycles. The normalized spacial score (nSPS) is 16.3. The van der Waals surface area contributed by atoms with Gasteiger partial charge in [0.1, 0.15) is 0 Å². The van der Waals surface area contributed by atoms with E-state index in [1.165, 1.54) is 12.8 Å². The van der Waals surface area contributed by atoms with Crippen LogP contribution in [0.4, 0.5) is 5.69 Å². The number of nitrogens with zero attached hydrogens (tertiary/aromatic N) is 4. The van der Waals surface area contributed by atoms with Gasteiger partial charge in [0.25, 0.3) is 0 Å². The first-order chi connectivity index (χ1) is 8.75. The first kappa shape index (κ1) is 11.5. The summed E-state index contributed by atoms with van der Waals surface area (Å²) in [5.41, 5.74) is 7.19. The Morgan fingerprint density at radius 3 is 2.78 bits per heavy atom. The van der Waals surface area contributed by atoms with Crippen molar-refractivity contribution in [3.8, 4) is 11.4 Å². The molecular formula is C12H14ClN5. The smallest absolute Gasteiger partial charge is 0.182 e. The lowest BCUT2D eigenvalue weighted by Crippen LogP contribution is -2.08. The Balaban J connectivity index is 2.00. The fourth-order valence-electron chi connectivity index (χ4n) is 2.44. The highest BCUT2D eigenvalue weighted by molar-refractivity contribution is 6.33. The van der Waals surface area contributed by atoms with E-state index < -0.39 is 0 Å². The van der Waals surface area contributed by atoms with Gasteiger partial charge in [-0.1, -0.05) is 24.4 Å². The third kappa shape index (κ3) is 1.95. The third-order valence-corrected chi connectivity index (χ3v) is 3.75. The van der Waals surface area contributed by atoms with Crippen LogP contribution in [0, 0.1) is 0 Å². The summed E-state index contributed by atoms with van der Waals surface area (Å²) in [6.45, 7) is 0. The monoisotopic (exact) mass is 263 g/mol. The highest BCUT2D eigenvalue weighted by Gasteiger charge is 2.22. The molecule has 0 spiro atoms. The van der Waals surface area contributed by atoms with Gasteiger partial charge in [0.15, 0.2) is 5.82 Å². The number of nitrogens with two attached hydrogens (primary N) is 1. The summed E-state index contributed by atoms with van der Waals surface area (Å²) < 4.78 is 1.91. The average molecular weight is 264 g/mol. The number of anilines is 1. The standard InChI is InChI=1S/C12H14ClN5/c13-10-7-8(5-6-11(10)14)12-15-16-17-18(12)9-3-1-2-4-9/h5-7,9H,1-4,14H2. The highest BCUT2D eigenvalue weighted by atomic mass is 35.5. The van der Waals surface area contributed by atoms with E-state index in [9.17, 15) is 0 Å². The zero-order valence-electron chi connectivity index (χ0n) is 9.88. The molecule has 0 amide bonds. The lowest BCUT2D eigenvalue weighted by molar-refractivity contribution is 0.458. The van der Waals surface area contributed by atoms with E-state index in [4.69, 9.17) is 17.3 Å². The maximum atomic E-state index is 6.04. The molecule has 1 heterocycles. The molecule has 1 aliphatic rings. The Morgan fingerprint density at radius 1 is 1.28 bits per heavy atom. The van der Waals surface area contributed by atoms with Gasteiger partial charge in [-0.25, -0.2) is 4.68 Å². The fourth-order valence-corrected chi connectivity index (χ4v) is 2.63. The molecule has 1 fully saturated rings. The van der Waals surface area contributed by atoms with Crippen molar-refractivity contribution in [1.82, 2.24) is 20.2 Å². The average Bonchev–Trinajstić information content (AvgIpc) is 3.00. The molecule has 1 aromatic carbocycles. The Bertz CT molecular complexity index is 559. The summed E-state index contributed by atoms with van der Waals surface area (Å²) >= 11 is 6.04. The molecule has 1 saturated carbocycles. The molecule has 1 aromatic heterocycles. The summed E-state index contributed by atoms with van der Waals surface area (Å²) in [4.78, 5) is 0. The van der Waals surface area contributed by atoms with Crippen molar-refractivity contribution in [2.24, 2.45) is 0 Å². The molecule has 2 N–H and O–H groups in total. The van der Waals surface area contributed by atoms with Crippen molar-refractivity contribution >= 4 is 17.3 Å². The fraction of sp³-hybridized carbons (Fsp3) is 0.417. The zero-order chi connectivity index (χ0) is 12.5. The van der Waals surface area contributed by atoms with Gasteiger partial charge in [-0.3, -0.25) is 0 Å². The van der Waals surface area contributed by atoms with Crippen LogP contribution in [0.25, 0.3) is 11.4 Å². The van der Waals surface area contributed by atoms with Crippen molar-refractivity contribution in [2.75, 3.05) is 5.73 Å². The zero-order valence-corrected chi connectivity index (χ0v) is 10.6. The van der Waals surface area contributed by atoms with Gasteiger partial charge in [0.2, 0.25) is 0 Å². The summed E-state index contributed by atoms with van der Waals surface area (Å²) in [5, 5.41) is 12.5. The predicted molar refractivity (Wildman–Crippen MR) is 70.2 cm³/mol. The van der Waals surface area contributed by atoms with Crippen LogP contribution in [0.1, 0.15) is 31.7 Å². The Labute approximate surface area is 110 Å². The van der Waals surface area contributed by atoms with Crippen molar-refractivity contribution in [3.05, 3.63) is 23.2 Å². The molecule has 94 valence electrons. The first-order valence-corrected chi connectivity index (χ1v) is 6.47. The maximum absolute atomic E-state index is 6.04. The van der Waals surface area contributed by atoms with Crippen LogP contribution in [0.3, 0.4) is 0 Å². The van der Waals surface area contributed by atoms with Crippen molar-refractivity contribution in [1.29, 1.82) is 0 Å². The molecule has 2 aromatic rings. The van der Waals surface area contributed by atoms with Crippen molar-refractivity contribution < 1.29 is 0 Å². The quantitative estimate of drug-likeness (QED) is 0.846. The molecular weight excluding hydrogens is 250 g/mol. The molecule has 18 heavy (non-hydrogen) atoms. The molecule has 1 aliphatic carbocycles. The molecule has 0 bridgehead atoms. The van der Waals surface area contributed by atoms with Crippen LogP contribution in [-0.2, 0) is 0 Å². The minimum atomic E-state index is 0.409. The van der Waals surface area contributed by atoms with Crippen LogP contribution in [-0.4, -0.2) is 20.2 Å². The van der Waals surface area contributed by atoms with Gasteiger partial charge in [-0.2, -0.15) is 0 Å². The lowest BCUT2D eigenvalue weighted by Gasteiger charge is -2.11. The summed E-state index contributed by atoms with van der Waals surface area (Å²) in [6, 6.07) is 5.91. The van der Waals surface area contributed by atoms with Crippen LogP contribution in [0.5, 0.6) is 0 Å². The largest absolute Gasteiger partial charge is 0.398 e. The second-order valence-corrected chi connectivity index (χ2v) is 5.03. The second kappa shape index (κ2) is 4.57. The third-order valence-electron chi connectivity index (χ3n) is 3.42. The number of nitrogen functional groups attached to an aromatic ring is 1. The molecule has 6 heteroatoms. The minimum absolute atomic E-state index is 0.409. The number of halogens is 1. The SMILES string of the molecule is Nc1ccc(-c2nnnn2C2CCCC2)cc1Cl. The van der Waals surface area contributed by atoms with Gasteiger partial charge in [-0.05, 0) is 41.5 Å². The first-order valence-electron chi connectivity index (χ1n) is 6.09. The maximum Gasteiger partial charge on any atom is 0.182 e. The lowest BCUT2D eigenvalue weighted by atomic mass is 10.1. The van der Waals surface area contributed by atoms with Crippen LogP contribution in [0.2, 0.25) is 5.02 Å².